The summed E-state index contributed by atoms with van der Waals surface area (Å²) in [7, 11) is 0. The van der Waals surface area contributed by atoms with Crippen molar-refractivity contribution in [1.82, 2.24) is 20.2 Å². The van der Waals surface area contributed by atoms with Crippen LogP contribution in [0.5, 0.6) is 0 Å². The van der Waals surface area contributed by atoms with E-state index in [1.165, 1.54) is 0 Å². The predicted octanol–water partition coefficient (Wildman–Crippen LogP) is 2.76. The second-order valence-electron chi connectivity index (χ2n) is 6.22. The Morgan fingerprint density at radius 3 is 2.24 bits per heavy atom. The van der Waals surface area contributed by atoms with Crippen LogP contribution in [0.1, 0.15) is 23.2 Å². The Bertz CT molecular complexity index is 839. The lowest BCUT2D eigenvalue weighted by atomic mass is 9.89. The summed E-state index contributed by atoms with van der Waals surface area (Å²) in [4.78, 5) is 14.8. The number of rotatable bonds is 4. The highest BCUT2D eigenvalue weighted by Crippen LogP contribution is 2.25. The minimum Gasteiger partial charge on any atom is -0.339 e. The van der Waals surface area contributed by atoms with Gasteiger partial charge in [-0.3, -0.25) is 4.79 Å². The van der Waals surface area contributed by atoms with Crippen molar-refractivity contribution in [1.29, 1.82) is 0 Å². The van der Waals surface area contributed by atoms with Gasteiger partial charge in [0.25, 0.3) is 0 Å². The van der Waals surface area contributed by atoms with E-state index in [0.29, 0.717) is 0 Å². The molecule has 126 valence electrons. The first-order valence-electron chi connectivity index (χ1n) is 8.51. The maximum Gasteiger partial charge on any atom is 0.250 e. The maximum atomic E-state index is 12.6. The number of para-hydroxylation sites is 1. The zero-order valence-corrected chi connectivity index (χ0v) is 13.8. The average Bonchev–Trinajstić information content (AvgIpc) is 3.19. The predicted molar refractivity (Wildman–Crippen MR) is 94.9 cm³/mol. The number of Topliss-reactive ketones (excluding diaryl/α,β-unsaturated/α-hetero) is 1. The number of hydrogen-bond acceptors (Lipinski definition) is 5. The highest BCUT2D eigenvalue weighted by atomic mass is 16.1. The summed E-state index contributed by atoms with van der Waals surface area (Å²) < 4.78 is 1.75. The van der Waals surface area contributed by atoms with Gasteiger partial charge < -0.3 is 4.90 Å². The Morgan fingerprint density at radius 2 is 1.56 bits per heavy atom. The lowest BCUT2D eigenvalue weighted by Crippen LogP contribution is -2.37. The Labute approximate surface area is 146 Å². The molecule has 0 amide bonds. The lowest BCUT2D eigenvalue weighted by molar-refractivity contribution is 0.0900. The molecule has 1 saturated heterocycles. The largest absolute Gasteiger partial charge is 0.339 e. The third kappa shape index (κ3) is 3.15. The molecule has 2 aromatic carbocycles. The molecule has 4 rings (SSSR count). The molecule has 6 nitrogen and oxygen atoms in total. The van der Waals surface area contributed by atoms with Crippen LogP contribution in [-0.2, 0) is 0 Å². The van der Waals surface area contributed by atoms with E-state index in [4.69, 9.17) is 0 Å². The van der Waals surface area contributed by atoms with Crippen LogP contribution in [0, 0.1) is 5.92 Å². The van der Waals surface area contributed by atoms with Crippen LogP contribution in [0.4, 0.5) is 5.95 Å². The number of carbonyl (C=O) groups excluding carboxylic acids is 1. The second kappa shape index (κ2) is 6.84. The van der Waals surface area contributed by atoms with Gasteiger partial charge in [-0.25, -0.2) is 0 Å². The van der Waals surface area contributed by atoms with Gasteiger partial charge in [0.2, 0.25) is 5.95 Å². The smallest absolute Gasteiger partial charge is 0.250 e. The van der Waals surface area contributed by atoms with Gasteiger partial charge in [-0.1, -0.05) is 53.6 Å². The number of anilines is 1. The monoisotopic (exact) mass is 333 g/mol. The first kappa shape index (κ1) is 15.5. The van der Waals surface area contributed by atoms with Crippen molar-refractivity contribution in [2.24, 2.45) is 5.92 Å². The summed E-state index contributed by atoms with van der Waals surface area (Å²) in [6.07, 6.45) is 1.63. The zero-order chi connectivity index (χ0) is 17.1. The first-order valence-corrected chi connectivity index (χ1v) is 8.51. The molecule has 1 fully saturated rings. The van der Waals surface area contributed by atoms with Crippen molar-refractivity contribution >= 4 is 11.7 Å². The van der Waals surface area contributed by atoms with Crippen LogP contribution in [0.25, 0.3) is 5.69 Å². The molecule has 0 radical (unpaired) electrons. The standard InChI is InChI=1S/C19H19N5O/c25-18(15-7-3-1-4-8-15)16-11-13-23(14-12-16)19-20-21-22-24(19)17-9-5-2-6-10-17/h1-10,16H,11-14H2. The SMILES string of the molecule is O=C(c1ccccc1)C1CCN(c2nnnn2-c2ccccc2)CC1. The summed E-state index contributed by atoms with van der Waals surface area (Å²) >= 11 is 0. The summed E-state index contributed by atoms with van der Waals surface area (Å²) in [6, 6.07) is 19.4. The zero-order valence-electron chi connectivity index (χ0n) is 13.8. The number of aromatic nitrogens is 4. The molecule has 0 N–H and O–H groups in total. The van der Waals surface area contributed by atoms with Crippen LogP contribution in [0.3, 0.4) is 0 Å². The molecule has 0 unspecified atom stereocenters. The van der Waals surface area contributed by atoms with Crippen LogP contribution < -0.4 is 4.90 Å². The van der Waals surface area contributed by atoms with E-state index in [2.05, 4.69) is 20.4 Å². The highest BCUT2D eigenvalue weighted by Gasteiger charge is 2.28. The van der Waals surface area contributed by atoms with Gasteiger partial charge in [0.15, 0.2) is 5.78 Å². The molecule has 0 aliphatic carbocycles. The van der Waals surface area contributed by atoms with E-state index in [9.17, 15) is 4.79 Å². The minimum absolute atomic E-state index is 0.0692. The third-order valence-electron chi connectivity index (χ3n) is 4.66. The van der Waals surface area contributed by atoms with E-state index in [1.807, 2.05) is 60.7 Å². The van der Waals surface area contributed by atoms with Crippen LogP contribution in [-0.4, -0.2) is 39.1 Å². The summed E-state index contributed by atoms with van der Waals surface area (Å²) in [5.74, 6) is 1.04. The summed E-state index contributed by atoms with van der Waals surface area (Å²) in [5, 5.41) is 12.1. The van der Waals surface area contributed by atoms with E-state index in [0.717, 1.165) is 43.1 Å². The fourth-order valence-corrected chi connectivity index (χ4v) is 3.30. The number of carbonyl (C=O) groups is 1. The van der Waals surface area contributed by atoms with Crippen molar-refractivity contribution in [3.63, 3.8) is 0 Å². The molecule has 1 aromatic heterocycles. The van der Waals surface area contributed by atoms with E-state index < -0.39 is 0 Å². The first-order chi connectivity index (χ1) is 12.3. The van der Waals surface area contributed by atoms with E-state index >= 15 is 0 Å². The number of ketones is 1. The normalized spacial score (nSPS) is 15.3. The fraction of sp³-hybridized carbons (Fsp3) is 0.263. The van der Waals surface area contributed by atoms with E-state index in [-0.39, 0.29) is 11.7 Å². The fourth-order valence-electron chi connectivity index (χ4n) is 3.30. The number of tetrazole rings is 1. The quantitative estimate of drug-likeness (QED) is 0.687. The van der Waals surface area contributed by atoms with Crippen molar-refractivity contribution < 1.29 is 4.79 Å². The lowest BCUT2D eigenvalue weighted by Gasteiger charge is -2.31. The molecule has 6 heteroatoms. The van der Waals surface area contributed by atoms with Crippen LogP contribution in [0.2, 0.25) is 0 Å². The van der Waals surface area contributed by atoms with Gasteiger partial charge >= 0.3 is 0 Å². The van der Waals surface area contributed by atoms with Crippen LogP contribution >= 0.6 is 0 Å². The molecule has 25 heavy (non-hydrogen) atoms. The molecule has 1 aliphatic rings. The number of hydrogen-bond donors (Lipinski definition) is 0. The second-order valence-corrected chi connectivity index (χ2v) is 6.22. The van der Waals surface area contributed by atoms with Crippen molar-refractivity contribution in [3.8, 4) is 5.69 Å². The van der Waals surface area contributed by atoms with Crippen molar-refractivity contribution in [3.05, 3.63) is 66.2 Å². The average molecular weight is 333 g/mol. The Hall–Kier alpha value is -3.02. The maximum absolute atomic E-state index is 12.6. The summed E-state index contributed by atoms with van der Waals surface area (Å²) in [6.45, 7) is 1.55. The van der Waals surface area contributed by atoms with Gasteiger partial charge in [-0.15, -0.1) is 0 Å². The van der Waals surface area contributed by atoms with Crippen LogP contribution in [0.15, 0.2) is 60.7 Å². The molecule has 0 spiro atoms. The number of benzene rings is 2. The molecule has 1 aliphatic heterocycles. The Kier molecular flexibility index (Phi) is 4.24. The molecule has 0 saturated carbocycles. The molecular formula is C19H19N5O. The Morgan fingerprint density at radius 1 is 0.920 bits per heavy atom. The van der Waals surface area contributed by atoms with Gasteiger partial charge in [0.1, 0.15) is 0 Å². The molecule has 3 aromatic rings. The molecule has 0 bridgehead atoms. The molecular weight excluding hydrogens is 314 g/mol. The minimum atomic E-state index is 0.0692. The van der Waals surface area contributed by atoms with Gasteiger partial charge in [-0.05, 0) is 35.4 Å². The number of nitrogens with zero attached hydrogens (tertiary/aromatic N) is 5. The summed E-state index contributed by atoms with van der Waals surface area (Å²) in [5.41, 5.74) is 1.74. The van der Waals surface area contributed by atoms with Crippen molar-refractivity contribution in [2.45, 2.75) is 12.8 Å². The van der Waals surface area contributed by atoms with Gasteiger partial charge in [0, 0.05) is 24.6 Å². The number of piperidine rings is 1. The van der Waals surface area contributed by atoms with Gasteiger partial charge in [-0.2, -0.15) is 4.68 Å². The Balaban J connectivity index is 1.47. The highest BCUT2D eigenvalue weighted by molar-refractivity contribution is 5.97. The van der Waals surface area contributed by atoms with E-state index in [1.54, 1.807) is 4.68 Å². The topological polar surface area (TPSA) is 63.9 Å². The third-order valence-corrected chi connectivity index (χ3v) is 4.66. The molecule has 2 heterocycles. The van der Waals surface area contributed by atoms with Crippen molar-refractivity contribution in [2.75, 3.05) is 18.0 Å². The molecule has 0 atom stereocenters. The van der Waals surface area contributed by atoms with Gasteiger partial charge in [0.05, 0.1) is 5.69 Å².